The van der Waals surface area contributed by atoms with Crippen LogP contribution in [0.15, 0.2) is 118 Å². The van der Waals surface area contributed by atoms with Crippen molar-refractivity contribution < 1.29 is 13.9 Å². The third-order valence-corrected chi connectivity index (χ3v) is 7.50. The van der Waals surface area contributed by atoms with E-state index < -0.39 is 0 Å². The van der Waals surface area contributed by atoms with Gasteiger partial charge in [0, 0.05) is 35.9 Å². The van der Waals surface area contributed by atoms with Crippen LogP contribution in [-0.2, 0) is 7.05 Å². The van der Waals surface area contributed by atoms with Crippen molar-refractivity contribution in [2.75, 3.05) is 6.61 Å². The molecule has 0 amide bonds. The van der Waals surface area contributed by atoms with E-state index in [4.69, 9.17) is 14.5 Å². The Morgan fingerprint density at radius 1 is 0.929 bits per heavy atom. The molecule has 1 aliphatic heterocycles. The van der Waals surface area contributed by atoms with Crippen molar-refractivity contribution in [2.24, 2.45) is 12.0 Å². The fraction of sp³-hybridized carbons (Fsp3) is 0.143. The number of ether oxygens (including phenoxy) is 2. The van der Waals surface area contributed by atoms with Gasteiger partial charge in [0.15, 0.2) is 5.69 Å². The molecule has 0 unspecified atom stereocenters. The molecular weight excluding hydrogens is 529 g/mol. The predicted octanol–water partition coefficient (Wildman–Crippen LogP) is 7.36. The van der Waals surface area contributed by atoms with Crippen molar-refractivity contribution >= 4 is 17.7 Å². The molecule has 0 saturated heterocycles. The molecule has 4 aromatic carbocycles. The molecule has 7 heteroatoms. The van der Waals surface area contributed by atoms with Gasteiger partial charge in [-0.05, 0) is 74.0 Å². The molecule has 0 fully saturated rings. The molecule has 0 bridgehead atoms. The third-order valence-electron chi connectivity index (χ3n) is 7.50. The molecule has 42 heavy (non-hydrogen) atoms. The first-order valence-electron chi connectivity index (χ1n) is 13.8. The van der Waals surface area contributed by atoms with Crippen molar-refractivity contribution in [1.82, 2.24) is 9.36 Å². The van der Waals surface area contributed by atoms with Gasteiger partial charge in [-0.3, -0.25) is 9.48 Å². The maximum Gasteiger partial charge on any atom is 0.297 e. The Balaban J connectivity index is 1.55. The molecule has 5 aromatic rings. The first-order chi connectivity index (χ1) is 20.5. The van der Waals surface area contributed by atoms with E-state index in [1.54, 1.807) is 27.7 Å². The summed E-state index contributed by atoms with van der Waals surface area (Å²) in [6.45, 7) is 4.38. The summed E-state index contributed by atoms with van der Waals surface area (Å²) in [6, 6.07) is 31.4. The standard InChI is InChI=1S/C35H30FN3O3/c1-4-41-28-20-16-25(17-21-28)34-30(22-37-33-23(2)38(3)39(35(33)40)27-10-6-5-7-11-27)32(24-14-18-26(36)19-15-24)29-12-8-9-13-31(29)42-34/h5-22,32H,4H2,1-3H3/t32-/m1/s1. The van der Waals surface area contributed by atoms with Gasteiger partial charge in [-0.2, -0.15) is 0 Å². The molecule has 0 radical (unpaired) electrons. The number of aromatic nitrogens is 2. The lowest BCUT2D eigenvalue weighted by Crippen LogP contribution is -2.19. The number of nitrogens with zero attached hydrogens (tertiary/aromatic N) is 3. The minimum absolute atomic E-state index is 0.226. The van der Waals surface area contributed by atoms with Crippen molar-refractivity contribution in [3.8, 4) is 17.2 Å². The maximum atomic E-state index is 14.0. The number of fused-ring (bicyclic) bond motifs is 1. The van der Waals surface area contributed by atoms with Gasteiger partial charge in [0.2, 0.25) is 0 Å². The van der Waals surface area contributed by atoms with Gasteiger partial charge in [0.1, 0.15) is 23.1 Å². The summed E-state index contributed by atoms with van der Waals surface area (Å²) in [7, 11) is 1.84. The lowest BCUT2D eigenvalue weighted by atomic mass is 9.81. The molecule has 6 nitrogen and oxygen atoms in total. The molecule has 0 aliphatic carbocycles. The lowest BCUT2D eigenvalue weighted by molar-refractivity contribution is 0.340. The zero-order chi connectivity index (χ0) is 29.2. The number of para-hydroxylation sites is 2. The Bertz CT molecular complexity index is 1850. The molecule has 210 valence electrons. The van der Waals surface area contributed by atoms with Gasteiger partial charge < -0.3 is 9.47 Å². The Labute approximate surface area is 243 Å². The average Bonchev–Trinajstić information content (AvgIpc) is 3.23. The van der Waals surface area contributed by atoms with Gasteiger partial charge in [0.25, 0.3) is 5.56 Å². The molecule has 0 spiro atoms. The van der Waals surface area contributed by atoms with Crippen molar-refractivity contribution in [2.45, 2.75) is 19.8 Å². The number of hydrogen-bond acceptors (Lipinski definition) is 4. The molecule has 0 N–H and O–H groups in total. The highest BCUT2D eigenvalue weighted by Gasteiger charge is 2.31. The van der Waals surface area contributed by atoms with E-state index in [2.05, 4.69) is 0 Å². The highest BCUT2D eigenvalue weighted by molar-refractivity contribution is 5.95. The van der Waals surface area contributed by atoms with Crippen LogP contribution in [-0.4, -0.2) is 22.2 Å². The van der Waals surface area contributed by atoms with Gasteiger partial charge in [-0.15, -0.1) is 0 Å². The highest BCUT2D eigenvalue weighted by Crippen LogP contribution is 2.45. The Morgan fingerprint density at radius 2 is 1.62 bits per heavy atom. The summed E-state index contributed by atoms with van der Waals surface area (Å²) in [5.74, 6) is 1.43. The van der Waals surface area contributed by atoms with Crippen LogP contribution >= 0.6 is 0 Å². The van der Waals surface area contributed by atoms with Crippen molar-refractivity contribution in [1.29, 1.82) is 0 Å². The number of rotatable bonds is 7. The molecule has 0 saturated carbocycles. The van der Waals surface area contributed by atoms with E-state index in [1.807, 2.05) is 99.8 Å². The van der Waals surface area contributed by atoms with E-state index in [-0.39, 0.29) is 17.3 Å². The number of hydrogen-bond donors (Lipinski definition) is 0. The van der Waals surface area contributed by atoms with Gasteiger partial charge in [-0.1, -0.05) is 48.5 Å². The van der Waals surface area contributed by atoms with Gasteiger partial charge in [-0.25, -0.2) is 14.1 Å². The topological polar surface area (TPSA) is 57.8 Å². The van der Waals surface area contributed by atoms with Crippen LogP contribution in [0.25, 0.3) is 11.4 Å². The van der Waals surface area contributed by atoms with Crippen LogP contribution in [0.5, 0.6) is 11.5 Å². The van der Waals surface area contributed by atoms with Crippen LogP contribution in [0.3, 0.4) is 0 Å². The first-order valence-corrected chi connectivity index (χ1v) is 13.8. The minimum atomic E-state index is -0.318. The second-order valence-corrected chi connectivity index (χ2v) is 10.0. The van der Waals surface area contributed by atoms with E-state index in [0.29, 0.717) is 23.8 Å². The lowest BCUT2D eigenvalue weighted by Gasteiger charge is -2.30. The SMILES string of the molecule is CCOc1ccc(C2=C(C=Nc3c(C)n(C)n(-c4ccccc4)c3=O)[C@H](c3ccc(F)cc3)c3ccccc3O2)cc1. The van der Waals surface area contributed by atoms with Gasteiger partial charge >= 0.3 is 0 Å². The third kappa shape index (κ3) is 4.94. The van der Waals surface area contributed by atoms with Crippen LogP contribution in [0, 0.1) is 12.7 Å². The summed E-state index contributed by atoms with van der Waals surface area (Å²) >= 11 is 0. The summed E-state index contributed by atoms with van der Waals surface area (Å²) in [6.07, 6.45) is 1.72. The fourth-order valence-electron chi connectivity index (χ4n) is 5.36. The predicted molar refractivity (Wildman–Crippen MR) is 164 cm³/mol. The molecule has 2 heterocycles. The quantitative estimate of drug-likeness (QED) is 0.196. The van der Waals surface area contributed by atoms with E-state index >= 15 is 0 Å². The summed E-state index contributed by atoms with van der Waals surface area (Å²) < 4.78 is 29.6. The number of benzene rings is 4. The van der Waals surface area contributed by atoms with Gasteiger partial charge in [0.05, 0.1) is 18.0 Å². The second kappa shape index (κ2) is 11.4. The Kier molecular flexibility index (Phi) is 7.32. The average molecular weight is 560 g/mol. The molecule has 6 rings (SSSR count). The van der Waals surface area contributed by atoms with Crippen molar-refractivity contribution in [3.63, 3.8) is 0 Å². The summed E-state index contributed by atoms with van der Waals surface area (Å²) in [5.41, 5.74) is 4.95. The molecule has 1 atom stereocenters. The van der Waals surface area contributed by atoms with Crippen LogP contribution < -0.4 is 15.0 Å². The highest BCUT2D eigenvalue weighted by atomic mass is 19.1. The monoisotopic (exact) mass is 559 g/mol. The normalized spacial score (nSPS) is 14.6. The van der Waals surface area contributed by atoms with E-state index in [0.717, 1.165) is 39.4 Å². The summed E-state index contributed by atoms with van der Waals surface area (Å²) in [4.78, 5) is 18.5. The maximum absolute atomic E-state index is 14.0. The Hall–Kier alpha value is -5.17. The first kappa shape index (κ1) is 27.0. The number of aliphatic imine (C=N–C) groups is 1. The van der Waals surface area contributed by atoms with E-state index in [9.17, 15) is 9.18 Å². The fourth-order valence-corrected chi connectivity index (χ4v) is 5.36. The zero-order valence-corrected chi connectivity index (χ0v) is 23.6. The zero-order valence-electron chi connectivity index (χ0n) is 23.6. The molecule has 1 aliphatic rings. The number of halogens is 1. The van der Waals surface area contributed by atoms with E-state index in [1.165, 1.54) is 12.1 Å². The van der Waals surface area contributed by atoms with Crippen LogP contribution in [0.4, 0.5) is 10.1 Å². The largest absolute Gasteiger partial charge is 0.494 e. The Morgan fingerprint density at radius 3 is 2.33 bits per heavy atom. The molecule has 1 aromatic heterocycles. The molecular formula is C35H30FN3O3. The number of allylic oxidation sites excluding steroid dienone is 1. The minimum Gasteiger partial charge on any atom is -0.494 e. The second-order valence-electron chi connectivity index (χ2n) is 10.0. The van der Waals surface area contributed by atoms with Crippen LogP contribution in [0.2, 0.25) is 0 Å². The smallest absolute Gasteiger partial charge is 0.297 e. The summed E-state index contributed by atoms with van der Waals surface area (Å²) in [5, 5.41) is 0. The van der Waals surface area contributed by atoms with Crippen LogP contribution in [0.1, 0.15) is 35.2 Å². The van der Waals surface area contributed by atoms with Crippen molar-refractivity contribution in [3.05, 3.63) is 147 Å².